The van der Waals surface area contributed by atoms with E-state index in [2.05, 4.69) is 4.99 Å². The van der Waals surface area contributed by atoms with Gasteiger partial charge in [0.15, 0.2) is 0 Å². The van der Waals surface area contributed by atoms with Gasteiger partial charge in [0.05, 0.1) is 5.70 Å². The predicted octanol–water partition coefficient (Wildman–Crippen LogP) is 2.77. The van der Waals surface area contributed by atoms with Gasteiger partial charge in [0.1, 0.15) is 0 Å². The molecule has 0 aliphatic carbocycles. The molecule has 0 atom stereocenters. The van der Waals surface area contributed by atoms with Gasteiger partial charge in [-0.15, -0.1) is 0 Å². The van der Waals surface area contributed by atoms with Crippen LogP contribution in [-0.2, 0) is 4.79 Å². The molecule has 1 rings (SSSR count). The molecule has 0 aliphatic rings. The maximum absolute atomic E-state index is 10.1. The number of carbonyl (C=O) groups excluding carboxylic acids is 1. The Morgan fingerprint density at radius 3 is 2.69 bits per heavy atom. The molecule has 0 radical (unpaired) electrons. The number of rotatable bonds is 3. The molecule has 0 heterocycles. The van der Waals surface area contributed by atoms with E-state index in [1.165, 1.54) is 0 Å². The summed E-state index contributed by atoms with van der Waals surface area (Å²) in [4.78, 5) is 13.8. The Hall–Kier alpha value is -1.66. The molecular formula is C11H11NO. The molecule has 0 unspecified atom stereocenters. The van der Waals surface area contributed by atoms with E-state index in [-0.39, 0.29) is 0 Å². The smallest absolute Gasteiger partial charge is 0.211 e. The zero-order valence-electron chi connectivity index (χ0n) is 7.53. The molecule has 13 heavy (non-hydrogen) atoms. The van der Waals surface area contributed by atoms with Gasteiger partial charge in [-0.2, -0.15) is 4.99 Å². The average molecular weight is 173 g/mol. The lowest BCUT2D eigenvalue weighted by molar-refractivity contribution is 0.565. The number of allylic oxidation sites excluding steroid dienone is 1. The van der Waals surface area contributed by atoms with Crippen molar-refractivity contribution in [3.8, 4) is 0 Å². The van der Waals surface area contributed by atoms with Crippen LogP contribution in [0.15, 0.2) is 41.4 Å². The summed E-state index contributed by atoms with van der Waals surface area (Å²) in [7, 11) is 0. The Balaban J connectivity index is 3.03. The molecule has 0 saturated heterocycles. The van der Waals surface area contributed by atoms with Gasteiger partial charge in [0.25, 0.3) is 0 Å². The van der Waals surface area contributed by atoms with Gasteiger partial charge >= 0.3 is 0 Å². The highest BCUT2D eigenvalue weighted by molar-refractivity contribution is 5.68. The van der Waals surface area contributed by atoms with Gasteiger partial charge in [0.2, 0.25) is 6.08 Å². The summed E-state index contributed by atoms with van der Waals surface area (Å²) in [6, 6.07) is 9.60. The van der Waals surface area contributed by atoms with Gasteiger partial charge in [-0.25, -0.2) is 4.79 Å². The van der Waals surface area contributed by atoms with Crippen molar-refractivity contribution in [1.29, 1.82) is 0 Å². The third kappa shape index (κ3) is 2.69. The summed E-state index contributed by atoms with van der Waals surface area (Å²) >= 11 is 0. The molecule has 1 aromatic carbocycles. The van der Waals surface area contributed by atoms with E-state index in [1.54, 1.807) is 6.08 Å². The third-order valence-electron chi connectivity index (χ3n) is 1.63. The molecule has 1 aromatic rings. The lowest BCUT2D eigenvalue weighted by Crippen LogP contribution is -1.79. The van der Waals surface area contributed by atoms with Crippen molar-refractivity contribution < 1.29 is 4.79 Å². The molecule has 0 N–H and O–H groups in total. The molecule has 66 valence electrons. The normalized spacial score (nSPS) is 10.7. The molecule has 0 fully saturated rings. The van der Waals surface area contributed by atoms with Crippen molar-refractivity contribution >= 4 is 11.8 Å². The zero-order valence-corrected chi connectivity index (χ0v) is 7.53. The van der Waals surface area contributed by atoms with Crippen LogP contribution in [0.5, 0.6) is 0 Å². The highest BCUT2D eigenvalue weighted by atomic mass is 16.1. The Bertz CT molecular complexity index is 334. The van der Waals surface area contributed by atoms with E-state index in [1.807, 2.05) is 43.3 Å². The fraction of sp³-hybridized carbons (Fsp3) is 0.182. The standard InChI is InChI=1S/C11H11NO/c1-2-6-11(12-9-13)10-7-4-3-5-8-10/h3-8H,2H2,1H3. The van der Waals surface area contributed by atoms with Crippen molar-refractivity contribution in [1.82, 2.24) is 0 Å². The van der Waals surface area contributed by atoms with Crippen LogP contribution in [-0.4, -0.2) is 6.08 Å². The lowest BCUT2D eigenvalue weighted by Gasteiger charge is -1.97. The second-order valence-corrected chi connectivity index (χ2v) is 2.57. The second kappa shape index (κ2) is 5.07. The molecule has 0 spiro atoms. The van der Waals surface area contributed by atoms with Crippen molar-refractivity contribution in [2.24, 2.45) is 4.99 Å². The largest absolute Gasteiger partial charge is 0.240 e. The van der Waals surface area contributed by atoms with Crippen molar-refractivity contribution in [2.75, 3.05) is 0 Å². The number of hydrogen-bond donors (Lipinski definition) is 0. The van der Waals surface area contributed by atoms with Gasteiger partial charge in [0, 0.05) is 5.56 Å². The van der Waals surface area contributed by atoms with E-state index in [4.69, 9.17) is 0 Å². The minimum absolute atomic E-state index is 0.693. The van der Waals surface area contributed by atoms with E-state index in [0.29, 0.717) is 5.70 Å². The molecule has 0 amide bonds. The lowest BCUT2D eigenvalue weighted by atomic mass is 10.1. The maximum atomic E-state index is 10.1. The quantitative estimate of drug-likeness (QED) is 0.510. The van der Waals surface area contributed by atoms with Gasteiger partial charge in [-0.3, -0.25) is 0 Å². The molecule has 0 bridgehead atoms. The summed E-state index contributed by atoms with van der Waals surface area (Å²) in [6.45, 7) is 2.00. The molecule has 2 nitrogen and oxygen atoms in total. The first-order valence-corrected chi connectivity index (χ1v) is 4.22. The Morgan fingerprint density at radius 1 is 1.46 bits per heavy atom. The number of aliphatic imine (C=N–C) groups is 1. The van der Waals surface area contributed by atoms with Crippen molar-refractivity contribution in [3.05, 3.63) is 42.0 Å². The molecule has 0 aromatic heterocycles. The summed E-state index contributed by atoms with van der Waals surface area (Å²) in [5.41, 5.74) is 1.64. The summed E-state index contributed by atoms with van der Waals surface area (Å²) in [5.74, 6) is 0. The summed E-state index contributed by atoms with van der Waals surface area (Å²) in [6.07, 6.45) is 4.32. The van der Waals surface area contributed by atoms with Crippen LogP contribution in [0.4, 0.5) is 0 Å². The topological polar surface area (TPSA) is 29.4 Å². The SMILES string of the molecule is CCC=C(N=C=O)c1ccccc1. The Kier molecular flexibility index (Phi) is 3.68. The first-order valence-electron chi connectivity index (χ1n) is 4.22. The predicted molar refractivity (Wildman–Crippen MR) is 52.8 cm³/mol. The minimum atomic E-state index is 0.693. The van der Waals surface area contributed by atoms with Gasteiger partial charge in [-0.1, -0.05) is 43.3 Å². The molecule has 0 aliphatic heterocycles. The van der Waals surface area contributed by atoms with Crippen LogP contribution < -0.4 is 0 Å². The number of benzene rings is 1. The van der Waals surface area contributed by atoms with Crippen molar-refractivity contribution in [3.63, 3.8) is 0 Å². The van der Waals surface area contributed by atoms with Crippen LogP contribution in [0.1, 0.15) is 18.9 Å². The first-order chi connectivity index (χ1) is 6.38. The second-order valence-electron chi connectivity index (χ2n) is 2.57. The highest BCUT2D eigenvalue weighted by Crippen LogP contribution is 2.14. The fourth-order valence-electron chi connectivity index (χ4n) is 1.08. The molecular weight excluding hydrogens is 162 g/mol. The summed E-state index contributed by atoms with van der Waals surface area (Å²) < 4.78 is 0. The fourth-order valence-corrected chi connectivity index (χ4v) is 1.08. The minimum Gasteiger partial charge on any atom is -0.211 e. The highest BCUT2D eigenvalue weighted by Gasteiger charge is 1.96. The van der Waals surface area contributed by atoms with E-state index >= 15 is 0 Å². The van der Waals surface area contributed by atoms with Crippen LogP contribution in [0, 0.1) is 0 Å². The molecule has 2 heteroatoms. The average Bonchev–Trinajstić information content (AvgIpc) is 2.19. The first kappa shape index (κ1) is 9.43. The van der Waals surface area contributed by atoms with Gasteiger partial charge in [-0.05, 0) is 6.42 Å². The van der Waals surface area contributed by atoms with E-state index in [0.717, 1.165) is 12.0 Å². The number of hydrogen-bond acceptors (Lipinski definition) is 2. The number of isocyanates is 1. The van der Waals surface area contributed by atoms with Crippen molar-refractivity contribution in [2.45, 2.75) is 13.3 Å². The molecule has 0 saturated carbocycles. The van der Waals surface area contributed by atoms with Gasteiger partial charge < -0.3 is 0 Å². The maximum Gasteiger partial charge on any atom is 0.240 e. The van der Waals surface area contributed by atoms with Crippen LogP contribution >= 0.6 is 0 Å². The van der Waals surface area contributed by atoms with Crippen LogP contribution in [0.25, 0.3) is 5.70 Å². The Morgan fingerprint density at radius 2 is 2.15 bits per heavy atom. The van der Waals surface area contributed by atoms with E-state index < -0.39 is 0 Å². The zero-order chi connectivity index (χ0) is 9.52. The summed E-state index contributed by atoms with van der Waals surface area (Å²) in [5, 5.41) is 0. The van der Waals surface area contributed by atoms with E-state index in [9.17, 15) is 4.79 Å². The van der Waals surface area contributed by atoms with Crippen LogP contribution in [0.2, 0.25) is 0 Å². The third-order valence-corrected chi connectivity index (χ3v) is 1.63. The monoisotopic (exact) mass is 173 g/mol. The Labute approximate surface area is 77.6 Å². The van der Waals surface area contributed by atoms with Crippen LogP contribution in [0.3, 0.4) is 0 Å². The number of nitrogens with zero attached hydrogens (tertiary/aromatic N) is 1.